The van der Waals surface area contributed by atoms with E-state index in [4.69, 9.17) is 5.73 Å². The number of amides is 3. The number of nitrogens with one attached hydrogen (secondary N) is 2. The lowest BCUT2D eigenvalue weighted by molar-refractivity contribution is 0.0955. The van der Waals surface area contributed by atoms with Crippen molar-refractivity contribution in [2.24, 2.45) is 5.73 Å². The summed E-state index contributed by atoms with van der Waals surface area (Å²) in [4.78, 5) is 24.8. The first-order chi connectivity index (χ1) is 10.5. The van der Waals surface area contributed by atoms with Gasteiger partial charge in [0.15, 0.2) is 0 Å². The number of carbonyl (C=O) groups excluding carboxylic acids is 2. The monoisotopic (exact) mass is 317 g/mol. The fourth-order valence-corrected chi connectivity index (χ4v) is 3.13. The summed E-state index contributed by atoms with van der Waals surface area (Å²) < 4.78 is 0. The number of benzene rings is 1. The van der Waals surface area contributed by atoms with Crippen LogP contribution in [-0.4, -0.2) is 11.9 Å². The molecule has 116 valence electrons. The fraction of sp³-hybridized carbons (Fsp3) is 0.250. The van der Waals surface area contributed by atoms with E-state index in [0.29, 0.717) is 12.2 Å². The van der Waals surface area contributed by atoms with Crippen LogP contribution >= 0.6 is 11.3 Å². The molecule has 0 fully saturated rings. The molecule has 1 aromatic heterocycles. The number of nitrogens with two attached hydrogens (primary N) is 1. The zero-order valence-electron chi connectivity index (χ0n) is 12.6. The third kappa shape index (κ3) is 4.08. The first-order valence-corrected chi connectivity index (χ1v) is 7.84. The second kappa shape index (κ2) is 7.09. The Morgan fingerprint density at radius 2 is 1.91 bits per heavy atom. The maximum absolute atomic E-state index is 12.1. The molecule has 2 aromatic rings. The van der Waals surface area contributed by atoms with Crippen molar-refractivity contribution in [3.05, 3.63) is 51.2 Å². The molecule has 0 radical (unpaired) electrons. The highest BCUT2D eigenvalue weighted by atomic mass is 32.1. The summed E-state index contributed by atoms with van der Waals surface area (Å²) in [5.41, 5.74) is 7.84. The first kappa shape index (κ1) is 16.0. The smallest absolute Gasteiger partial charge is 0.316 e. The SMILES string of the molecule is CCc1cc(C(=O)NCc2ccc(NC(N)=O)cc2)sc1C. The molecule has 0 saturated heterocycles. The van der Waals surface area contributed by atoms with E-state index in [1.165, 1.54) is 21.8 Å². The van der Waals surface area contributed by atoms with Crippen LogP contribution < -0.4 is 16.4 Å². The van der Waals surface area contributed by atoms with Crippen molar-refractivity contribution in [3.63, 3.8) is 0 Å². The molecule has 0 aliphatic heterocycles. The lowest BCUT2D eigenvalue weighted by Gasteiger charge is -2.06. The quantitative estimate of drug-likeness (QED) is 0.792. The Hall–Kier alpha value is -2.34. The number of anilines is 1. The molecule has 0 atom stereocenters. The second-order valence-electron chi connectivity index (χ2n) is 4.91. The standard InChI is InChI=1S/C16H19N3O2S/c1-3-12-8-14(22-10(12)2)15(20)18-9-11-4-6-13(7-5-11)19-16(17)21/h4-8H,3,9H2,1-2H3,(H,18,20)(H3,17,19,21). The van der Waals surface area contributed by atoms with Crippen LogP contribution in [0.5, 0.6) is 0 Å². The molecular weight excluding hydrogens is 298 g/mol. The molecule has 6 heteroatoms. The third-order valence-corrected chi connectivity index (χ3v) is 4.39. The van der Waals surface area contributed by atoms with Crippen LogP contribution in [0, 0.1) is 6.92 Å². The number of aryl methyl sites for hydroxylation is 2. The molecule has 0 bridgehead atoms. The Morgan fingerprint density at radius 3 is 2.45 bits per heavy atom. The maximum atomic E-state index is 12.1. The zero-order valence-corrected chi connectivity index (χ0v) is 13.4. The number of carbonyl (C=O) groups is 2. The molecule has 2 rings (SSSR count). The average molecular weight is 317 g/mol. The lowest BCUT2D eigenvalue weighted by atomic mass is 10.2. The first-order valence-electron chi connectivity index (χ1n) is 7.02. The second-order valence-corrected chi connectivity index (χ2v) is 6.17. The number of urea groups is 1. The number of thiophene rings is 1. The largest absolute Gasteiger partial charge is 0.351 e. The molecule has 0 spiro atoms. The highest BCUT2D eigenvalue weighted by Crippen LogP contribution is 2.22. The normalized spacial score (nSPS) is 10.3. The van der Waals surface area contributed by atoms with Gasteiger partial charge in [-0.25, -0.2) is 4.79 Å². The van der Waals surface area contributed by atoms with E-state index in [-0.39, 0.29) is 5.91 Å². The summed E-state index contributed by atoms with van der Waals surface area (Å²) >= 11 is 1.52. The predicted octanol–water partition coefficient (Wildman–Crippen LogP) is 3.04. The van der Waals surface area contributed by atoms with E-state index in [1.807, 2.05) is 25.1 Å². The zero-order chi connectivity index (χ0) is 16.1. The Morgan fingerprint density at radius 1 is 1.23 bits per heavy atom. The van der Waals surface area contributed by atoms with Gasteiger partial charge >= 0.3 is 6.03 Å². The van der Waals surface area contributed by atoms with Gasteiger partial charge in [-0.05, 0) is 42.7 Å². The molecule has 0 unspecified atom stereocenters. The van der Waals surface area contributed by atoms with Gasteiger partial charge in [-0.3, -0.25) is 4.79 Å². The van der Waals surface area contributed by atoms with Crippen LogP contribution in [0.4, 0.5) is 10.5 Å². The van der Waals surface area contributed by atoms with E-state index < -0.39 is 6.03 Å². The molecule has 0 aliphatic rings. The third-order valence-electron chi connectivity index (χ3n) is 3.30. The van der Waals surface area contributed by atoms with E-state index in [9.17, 15) is 9.59 Å². The minimum Gasteiger partial charge on any atom is -0.351 e. The Balaban J connectivity index is 1.94. The van der Waals surface area contributed by atoms with Gasteiger partial charge in [0.1, 0.15) is 0 Å². The summed E-state index contributed by atoms with van der Waals surface area (Å²) in [6, 6.07) is 8.52. The molecule has 3 amide bonds. The minimum atomic E-state index is -0.596. The Bertz CT molecular complexity index is 677. The van der Waals surface area contributed by atoms with Gasteiger partial charge in [0.05, 0.1) is 4.88 Å². The van der Waals surface area contributed by atoms with Crippen LogP contribution in [0.3, 0.4) is 0 Å². The van der Waals surface area contributed by atoms with Crippen molar-refractivity contribution in [3.8, 4) is 0 Å². The van der Waals surface area contributed by atoms with Crippen LogP contribution in [0.2, 0.25) is 0 Å². The maximum Gasteiger partial charge on any atom is 0.316 e. The van der Waals surface area contributed by atoms with Gasteiger partial charge < -0.3 is 16.4 Å². The van der Waals surface area contributed by atoms with Gasteiger partial charge in [-0.15, -0.1) is 11.3 Å². The van der Waals surface area contributed by atoms with Crippen LogP contribution in [0.25, 0.3) is 0 Å². The van der Waals surface area contributed by atoms with E-state index in [1.54, 1.807) is 12.1 Å². The van der Waals surface area contributed by atoms with Crippen LogP contribution in [0.15, 0.2) is 30.3 Å². The predicted molar refractivity (Wildman–Crippen MR) is 89.3 cm³/mol. The van der Waals surface area contributed by atoms with Crippen LogP contribution in [-0.2, 0) is 13.0 Å². The summed E-state index contributed by atoms with van der Waals surface area (Å²) in [6.45, 7) is 4.55. The average Bonchev–Trinajstić information content (AvgIpc) is 2.87. The van der Waals surface area contributed by atoms with Gasteiger partial charge in [0.2, 0.25) is 0 Å². The van der Waals surface area contributed by atoms with Gasteiger partial charge in [-0.1, -0.05) is 19.1 Å². The van der Waals surface area contributed by atoms with Crippen molar-refractivity contribution in [1.82, 2.24) is 5.32 Å². The minimum absolute atomic E-state index is 0.0628. The highest BCUT2D eigenvalue weighted by Gasteiger charge is 2.11. The van der Waals surface area contributed by atoms with Gasteiger partial charge in [-0.2, -0.15) is 0 Å². The molecule has 4 N–H and O–H groups in total. The number of hydrogen-bond donors (Lipinski definition) is 3. The number of hydrogen-bond acceptors (Lipinski definition) is 3. The van der Waals surface area contributed by atoms with E-state index in [2.05, 4.69) is 17.6 Å². The Kier molecular flexibility index (Phi) is 5.16. The fourth-order valence-electron chi connectivity index (χ4n) is 2.10. The highest BCUT2D eigenvalue weighted by molar-refractivity contribution is 7.14. The molecule has 1 heterocycles. The summed E-state index contributed by atoms with van der Waals surface area (Å²) in [5.74, 6) is -0.0628. The number of rotatable bonds is 5. The molecule has 5 nitrogen and oxygen atoms in total. The van der Waals surface area contributed by atoms with E-state index in [0.717, 1.165) is 16.9 Å². The lowest BCUT2D eigenvalue weighted by Crippen LogP contribution is -2.22. The van der Waals surface area contributed by atoms with Crippen LogP contribution in [0.1, 0.15) is 32.6 Å². The molecule has 0 aliphatic carbocycles. The molecule has 22 heavy (non-hydrogen) atoms. The van der Waals surface area contributed by atoms with Crippen molar-refractivity contribution >= 4 is 29.0 Å². The summed E-state index contributed by atoms with van der Waals surface area (Å²) in [5, 5.41) is 5.39. The summed E-state index contributed by atoms with van der Waals surface area (Å²) in [6.07, 6.45) is 0.934. The van der Waals surface area contributed by atoms with Gasteiger partial charge in [0.25, 0.3) is 5.91 Å². The summed E-state index contributed by atoms with van der Waals surface area (Å²) in [7, 11) is 0. The van der Waals surface area contributed by atoms with Gasteiger partial charge in [0, 0.05) is 17.1 Å². The van der Waals surface area contributed by atoms with Crippen molar-refractivity contribution in [2.45, 2.75) is 26.8 Å². The Labute approximate surface area is 133 Å². The van der Waals surface area contributed by atoms with Crippen molar-refractivity contribution < 1.29 is 9.59 Å². The number of primary amides is 1. The topological polar surface area (TPSA) is 84.2 Å². The molecule has 0 saturated carbocycles. The molecular formula is C16H19N3O2S. The molecule has 1 aromatic carbocycles. The van der Waals surface area contributed by atoms with Crippen molar-refractivity contribution in [1.29, 1.82) is 0 Å². The van der Waals surface area contributed by atoms with E-state index >= 15 is 0 Å². The van der Waals surface area contributed by atoms with Crippen molar-refractivity contribution in [2.75, 3.05) is 5.32 Å².